The standard InChI is InChI=1S/C23H27N3O5S/c1-6-31-22(29)16-13(4)24-19-18(20(27)26-23(25-19)32-11-12(2)3)17(16)14-7-9-15(10-8-14)21(28)30-5/h7-10,12,17H,6,11H2,1-5H3,(H2,24,25,26,27). The number of rotatable bonds is 7. The third-order valence-corrected chi connectivity index (χ3v) is 6.23. The van der Waals surface area contributed by atoms with Crippen LogP contribution < -0.4 is 10.9 Å². The molecule has 1 aliphatic heterocycles. The van der Waals surface area contributed by atoms with Crippen molar-refractivity contribution < 1.29 is 19.1 Å². The summed E-state index contributed by atoms with van der Waals surface area (Å²) in [4.78, 5) is 45.3. The predicted molar refractivity (Wildman–Crippen MR) is 123 cm³/mol. The highest BCUT2D eigenvalue weighted by atomic mass is 32.2. The highest BCUT2D eigenvalue weighted by Gasteiger charge is 2.36. The summed E-state index contributed by atoms with van der Waals surface area (Å²) in [6, 6.07) is 6.63. The number of nitrogens with zero attached hydrogens (tertiary/aromatic N) is 1. The van der Waals surface area contributed by atoms with Gasteiger partial charge < -0.3 is 19.8 Å². The number of ether oxygens (including phenoxy) is 2. The highest BCUT2D eigenvalue weighted by Crippen LogP contribution is 2.40. The molecule has 8 nitrogen and oxygen atoms in total. The van der Waals surface area contributed by atoms with E-state index in [-0.39, 0.29) is 12.2 Å². The number of anilines is 1. The molecule has 170 valence electrons. The first-order valence-electron chi connectivity index (χ1n) is 10.4. The van der Waals surface area contributed by atoms with Crippen LogP contribution >= 0.6 is 11.8 Å². The van der Waals surface area contributed by atoms with Gasteiger partial charge in [-0.15, -0.1) is 0 Å². The molecule has 3 rings (SSSR count). The summed E-state index contributed by atoms with van der Waals surface area (Å²) in [7, 11) is 1.31. The number of carbonyl (C=O) groups is 2. The van der Waals surface area contributed by atoms with Gasteiger partial charge in [0.1, 0.15) is 5.82 Å². The normalized spacial score (nSPS) is 15.2. The van der Waals surface area contributed by atoms with Gasteiger partial charge in [-0.05, 0) is 37.5 Å². The number of esters is 2. The summed E-state index contributed by atoms with van der Waals surface area (Å²) in [5.41, 5.74) is 1.94. The van der Waals surface area contributed by atoms with Crippen molar-refractivity contribution in [3.63, 3.8) is 0 Å². The fourth-order valence-corrected chi connectivity index (χ4v) is 4.30. The van der Waals surface area contributed by atoms with E-state index in [1.165, 1.54) is 18.9 Å². The molecule has 1 aromatic carbocycles. The van der Waals surface area contributed by atoms with Crippen molar-refractivity contribution in [2.75, 3.05) is 24.8 Å². The predicted octanol–water partition coefficient (Wildman–Crippen LogP) is 3.70. The maximum absolute atomic E-state index is 13.2. The second-order valence-corrected chi connectivity index (χ2v) is 8.78. The van der Waals surface area contributed by atoms with E-state index in [1.54, 1.807) is 38.1 Å². The van der Waals surface area contributed by atoms with E-state index < -0.39 is 17.9 Å². The van der Waals surface area contributed by atoms with E-state index in [2.05, 4.69) is 29.1 Å². The van der Waals surface area contributed by atoms with Crippen LogP contribution in [0, 0.1) is 5.92 Å². The van der Waals surface area contributed by atoms with Crippen molar-refractivity contribution in [1.82, 2.24) is 9.97 Å². The number of aromatic nitrogens is 2. The second-order valence-electron chi connectivity index (χ2n) is 7.77. The number of carbonyl (C=O) groups excluding carboxylic acids is 2. The van der Waals surface area contributed by atoms with E-state index >= 15 is 0 Å². The number of hydrogen-bond acceptors (Lipinski definition) is 8. The SMILES string of the molecule is CCOC(=O)C1=C(C)Nc2nc(SCC(C)C)[nH]c(=O)c2C1c1ccc(C(=O)OC)cc1. The molecule has 2 aromatic rings. The number of aromatic amines is 1. The molecule has 2 heterocycles. The molecule has 0 spiro atoms. The van der Waals surface area contributed by atoms with Crippen LogP contribution in [0.3, 0.4) is 0 Å². The molecule has 1 aromatic heterocycles. The second kappa shape index (κ2) is 10.0. The van der Waals surface area contributed by atoms with Gasteiger partial charge in [-0.1, -0.05) is 37.7 Å². The molecule has 1 unspecified atom stereocenters. The summed E-state index contributed by atoms with van der Waals surface area (Å²) in [5, 5.41) is 3.63. The van der Waals surface area contributed by atoms with Gasteiger partial charge in [0.2, 0.25) is 0 Å². The summed E-state index contributed by atoms with van der Waals surface area (Å²) >= 11 is 1.47. The lowest BCUT2D eigenvalue weighted by atomic mass is 9.82. The van der Waals surface area contributed by atoms with Crippen LogP contribution in [0.4, 0.5) is 5.82 Å². The van der Waals surface area contributed by atoms with Crippen LogP contribution in [0.5, 0.6) is 0 Å². The lowest BCUT2D eigenvalue weighted by molar-refractivity contribution is -0.138. The number of nitrogens with one attached hydrogen (secondary N) is 2. The third kappa shape index (κ3) is 4.88. The number of benzene rings is 1. The molecule has 0 bridgehead atoms. The molecule has 0 fully saturated rings. The number of methoxy groups -OCH3 is 1. The van der Waals surface area contributed by atoms with Crippen molar-refractivity contribution in [3.05, 3.63) is 62.6 Å². The van der Waals surface area contributed by atoms with Crippen LogP contribution in [0.15, 0.2) is 45.5 Å². The first-order valence-corrected chi connectivity index (χ1v) is 11.4. The lowest BCUT2D eigenvalue weighted by Crippen LogP contribution is -2.31. The van der Waals surface area contributed by atoms with E-state index in [0.717, 1.165) is 5.75 Å². The van der Waals surface area contributed by atoms with E-state index in [0.29, 0.717) is 44.9 Å². The Hall–Kier alpha value is -3.07. The maximum atomic E-state index is 13.2. The zero-order valence-corrected chi connectivity index (χ0v) is 19.6. The van der Waals surface area contributed by atoms with Gasteiger partial charge in [0.05, 0.1) is 36.3 Å². The Labute approximate surface area is 190 Å². The molecule has 0 aliphatic carbocycles. The Morgan fingerprint density at radius 3 is 2.47 bits per heavy atom. The number of thioether (sulfide) groups is 1. The highest BCUT2D eigenvalue weighted by molar-refractivity contribution is 7.99. The smallest absolute Gasteiger partial charge is 0.337 e. The lowest BCUT2D eigenvalue weighted by Gasteiger charge is -2.29. The Morgan fingerprint density at radius 1 is 1.19 bits per heavy atom. The van der Waals surface area contributed by atoms with Crippen molar-refractivity contribution in [2.45, 2.75) is 38.8 Å². The summed E-state index contributed by atoms with van der Waals surface area (Å²) < 4.78 is 10.0. The van der Waals surface area contributed by atoms with E-state index in [1.807, 2.05) is 0 Å². The summed E-state index contributed by atoms with van der Waals surface area (Å²) in [6.45, 7) is 7.87. The molecule has 9 heteroatoms. The van der Waals surface area contributed by atoms with Gasteiger partial charge in [0.25, 0.3) is 5.56 Å². The molecular formula is C23H27N3O5S. The number of H-pyrrole nitrogens is 1. The molecule has 1 aliphatic rings. The molecule has 0 saturated carbocycles. The van der Waals surface area contributed by atoms with Gasteiger partial charge in [-0.25, -0.2) is 14.6 Å². The van der Waals surface area contributed by atoms with Gasteiger partial charge >= 0.3 is 11.9 Å². The largest absolute Gasteiger partial charge is 0.465 e. The molecule has 2 N–H and O–H groups in total. The Bertz CT molecular complexity index is 1110. The van der Waals surface area contributed by atoms with Gasteiger partial charge in [0.15, 0.2) is 5.16 Å². The maximum Gasteiger partial charge on any atom is 0.337 e. The quantitative estimate of drug-likeness (QED) is 0.368. The Kier molecular flexibility index (Phi) is 7.40. The first kappa shape index (κ1) is 23.6. The number of fused-ring (bicyclic) bond motifs is 1. The zero-order chi connectivity index (χ0) is 23.4. The molecule has 32 heavy (non-hydrogen) atoms. The Morgan fingerprint density at radius 2 is 1.88 bits per heavy atom. The van der Waals surface area contributed by atoms with E-state index in [9.17, 15) is 14.4 Å². The Balaban J connectivity index is 2.14. The fraction of sp³-hybridized carbons (Fsp3) is 0.391. The van der Waals surface area contributed by atoms with E-state index in [4.69, 9.17) is 9.47 Å². The third-order valence-electron chi connectivity index (χ3n) is 4.93. The van der Waals surface area contributed by atoms with Gasteiger partial charge in [-0.3, -0.25) is 4.79 Å². The minimum atomic E-state index is -0.697. The van der Waals surface area contributed by atoms with Crippen molar-refractivity contribution in [2.24, 2.45) is 5.92 Å². The first-order chi connectivity index (χ1) is 15.3. The van der Waals surface area contributed by atoms with Crippen molar-refractivity contribution in [3.8, 4) is 0 Å². The fourth-order valence-electron chi connectivity index (χ4n) is 3.49. The number of hydrogen-bond donors (Lipinski definition) is 2. The minimum Gasteiger partial charge on any atom is -0.465 e. The van der Waals surface area contributed by atoms with Gasteiger partial charge in [-0.2, -0.15) is 0 Å². The molecule has 1 atom stereocenters. The monoisotopic (exact) mass is 457 g/mol. The summed E-state index contributed by atoms with van der Waals surface area (Å²) in [5.74, 6) is -0.0190. The zero-order valence-electron chi connectivity index (χ0n) is 18.8. The van der Waals surface area contributed by atoms with Crippen LogP contribution in [0.2, 0.25) is 0 Å². The van der Waals surface area contributed by atoms with Crippen molar-refractivity contribution >= 4 is 29.5 Å². The minimum absolute atomic E-state index is 0.204. The van der Waals surface area contributed by atoms with Crippen LogP contribution in [-0.2, 0) is 14.3 Å². The van der Waals surface area contributed by atoms with Gasteiger partial charge in [0, 0.05) is 11.4 Å². The molecular weight excluding hydrogens is 430 g/mol. The van der Waals surface area contributed by atoms with Crippen LogP contribution in [0.1, 0.15) is 55.1 Å². The topological polar surface area (TPSA) is 110 Å². The number of allylic oxidation sites excluding steroid dienone is 1. The summed E-state index contributed by atoms with van der Waals surface area (Å²) in [6.07, 6.45) is 0. The van der Waals surface area contributed by atoms with Crippen LogP contribution in [-0.4, -0.2) is 41.4 Å². The molecule has 0 radical (unpaired) electrons. The molecule has 0 saturated heterocycles. The van der Waals surface area contributed by atoms with Crippen LogP contribution in [0.25, 0.3) is 0 Å². The average Bonchev–Trinajstić information content (AvgIpc) is 2.76. The average molecular weight is 458 g/mol. The van der Waals surface area contributed by atoms with Crippen molar-refractivity contribution in [1.29, 1.82) is 0 Å². The molecule has 0 amide bonds.